The zero-order valence-corrected chi connectivity index (χ0v) is 23.8. The fourth-order valence-electron chi connectivity index (χ4n) is 5.50. The van der Waals surface area contributed by atoms with Crippen LogP contribution in [0.5, 0.6) is 0 Å². The summed E-state index contributed by atoms with van der Waals surface area (Å²) in [6.45, 7) is 9.28. The Morgan fingerprint density at radius 1 is 1.15 bits per heavy atom. The normalized spacial score (nSPS) is 17.8. The van der Waals surface area contributed by atoms with Gasteiger partial charge in [-0.05, 0) is 70.7 Å². The summed E-state index contributed by atoms with van der Waals surface area (Å²) in [4.78, 5) is 14.1. The molecule has 40 heavy (non-hydrogen) atoms. The van der Waals surface area contributed by atoms with E-state index in [9.17, 15) is 4.79 Å². The minimum atomic E-state index is -0.589. The van der Waals surface area contributed by atoms with E-state index in [0.717, 1.165) is 35.7 Å². The first-order valence-electron chi connectivity index (χ1n) is 13.6. The lowest BCUT2D eigenvalue weighted by molar-refractivity contribution is -0.0366. The topological polar surface area (TPSA) is 87.3 Å². The molecule has 1 atom stereocenters. The highest BCUT2D eigenvalue weighted by Crippen LogP contribution is 2.41. The molecular formula is C29H32ClFN6O3. The number of hydrogen-bond acceptors (Lipinski definition) is 6. The maximum atomic E-state index is 16.0. The van der Waals surface area contributed by atoms with Crippen LogP contribution >= 0.6 is 11.6 Å². The van der Waals surface area contributed by atoms with E-state index < -0.39 is 17.5 Å². The smallest absolute Gasteiger partial charge is 0.410 e. The Bertz CT molecular complexity index is 1580. The molecule has 0 aliphatic carbocycles. The zero-order valence-electron chi connectivity index (χ0n) is 23.1. The molecule has 1 amide bonds. The number of ether oxygens (including phenoxy) is 2. The number of carbonyl (C=O) groups is 1. The number of aryl methyl sites for hydroxylation is 1. The summed E-state index contributed by atoms with van der Waals surface area (Å²) in [5, 5.41) is 14.3. The van der Waals surface area contributed by atoms with Crippen LogP contribution in [0.3, 0.4) is 0 Å². The summed E-state index contributed by atoms with van der Waals surface area (Å²) in [6, 6.07) is 7.15. The number of rotatable bonds is 3. The fourth-order valence-corrected chi connectivity index (χ4v) is 5.81. The van der Waals surface area contributed by atoms with Gasteiger partial charge >= 0.3 is 6.09 Å². The molecule has 0 saturated carbocycles. The second-order valence-corrected chi connectivity index (χ2v) is 11.8. The average Bonchev–Trinajstić information content (AvgIpc) is 3.53. The van der Waals surface area contributed by atoms with Crippen LogP contribution < -0.4 is 0 Å². The van der Waals surface area contributed by atoms with Crippen molar-refractivity contribution in [3.63, 3.8) is 0 Å². The third-order valence-corrected chi connectivity index (χ3v) is 7.67. The maximum absolute atomic E-state index is 16.0. The van der Waals surface area contributed by atoms with Gasteiger partial charge in [0, 0.05) is 41.8 Å². The van der Waals surface area contributed by atoms with Gasteiger partial charge < -0.3 is 14.0 Å². The van der Waals surface area contributed by atoms with Crippen LogP contribution in [0.1, 0.15) is 57.6 Å². The largest absolute Gasteiger partial charge is 0.444 e. The molecule has 9 nitrogen and oxygen atoms in total. The molecule has 2 aliphatic rings. The van der Waals surface area contributed by atoms with Crippen LogP contribution in [-0.2, 0) is 22.6 Å². The number of carbonyl (C=O) groups excluding carboxylic acids is 1. The number of nitrogens with zero attached hydrogens (tertiary/aromatic N) is 6. The highest BCUT2D eigenvalue weighted by molar-refractivity contribution is 6.34. The van der Waals surface area contributed by atoms with Gasteiger partial charge in [-0.3, -0.25) is 4.90 Å². The molecule has 11 heteroatoms. The fraction of sp³-hybridized carbons (Fsp3) is 0.448. The van der Waals surface area contributed by atoms with Crippen LogP contribution in [0.2, 0.25) is 5.02 Å². The molecule has 2 aromatic carbocycles. The lowest BCUT2D eigenvalue weighted by Crippen LogP contribution is -2.41. The molecule has 2 aliphatic heterocycles. The third-order valence-electron chi connectivity index (χ3n) is 7.37. The quantitative estimate of drug-likeness (QED) is 0.281. The zero-order chi connectivity index (χ0) is 28.2. The van der Waals surface area contributed by atoms with Crippen molar-refractivity contribution in [2.24, 2.45) is 0 Å². The molecule has 1 fully saturated rings. The first-order chi connectivity index (χ1) is 19.1. The minimum absolute atomic E-state index is 0.130. The average molecular weight is 567 g/mol. The molecule has 0 N–H and O–H groups in total. The lowest BCUT2D eigenvalue weighted by atomic mass is 9.95. The lowest BCUT2D eigenvalue weighted by Gasteiger charge is -2.30. The van der Waals surface area contributed by atoms with Gasteiger partial charge in [-0.15, -0.1) is 10.2 Å². The van der Waals surface area contributed by atoms with Crippen LogP contribution in [0.15, 0.2) is 30.5 Å². The van der Waals surface area contributed by atoms with Gasteiger partial charge in [-0.25, -0.2) is 13.9 Å². The molecule has 210 valence electrons. The van der Waals surface area contributed by atoms with Gasteiger partial charge in [0.15, 0.2) is 17.9 Å². The molecule has 4 aromatic rings. The van der Waals surface area contributed by atoms with Crippen molar-refractivity contribution in [2.75, 3.05) is 13.2 Å². The molecule has 0 bridgehead atoms. The monoisotopic (exact) mass is 566 g/mol. The molecule has 2 aromatic heterocycles. The maximum Gasteiger partial charge on any atom is 0.410 e. The summed E-state index contributed by atoms with van der Waals surface area (Å²) in [5.41, 5.74) is 2.75. The van der Waals surface area contributed by atoms with Gasteiger partial charge in [-0.2, -0.15) is 5.10 Å². The van der Waals surface area contributed by atoms with E-state index in [2.05, 4.69) is 15.3 Å². The van der Waals surface area contributed by atoms with Crippen LogP contribution in [-0.4, -0.2) is 54.3 Å². The summed E-state index contributed by atoms with van der Waals surface area (Å²) >= 11 is 6.80. The van der Waals surface area contributed by atoms with Crippen molar-refractivity contribution in [3.05, 3.63) is 52.7 Å². The summed E-state index contributed by atoms with van der Waals surface area (Å²) in [5.74, 6) is 0.650. The Morgan fingerprint density at radius 3 is 2.70 bits per heavy atom. The van der Waals surface area contributed by atoms with Crippen molar-refractivity contribution in [3.8, 4) is 22.5 Å². The number of aromatic nitrogens is 5. The van der Waals surface area contributed by atoms with Gasteiger partial charge in [-0.1, -0.05) is 17.7 Å². The minimum Gasteiger partial charge on any atom is -0.444 e. The van der Waals surface area contributed by atoms with Crippen molar-refractivity contribution >= 4 is 28.6 Å². The first-order valence-corrected chi connectivity index (χ1v) is 14.0. The third kappa shape index (κ3) is 4.83. The molecule has 1 saturated heterocycles. The number of benzene rings is 2. The van der Waals surface area contributed by atoms with Gasteiger partial charge in [0.05, 0.1) is 23.3 Å². The van der Waals surface area contributed by atoms with Crippen molar-refractivity contribution in [2.45, 2.75) is 71.9 Å². The van der Waals surface area contributed by atoms with E-state index in [1.165, 1.54) is 6.07 Å². The van der Waals surface area contributed by atoms with E-state index in [1.54, 1.807) is 17.2 Å². The SMILES string of the molecule is Cc1ccc2c(cnn2C2CCCCO2)c1-c1c(F)cc(-c2nnc3n2CCN(C(=O)OC(C)(C)C)C3)cc1Cl. The predicted octanol–water partition coefficient (Wildman–Crippen LogP) is 6.51. The first kappa shape index (κ1) is 26.7. The number of fused-ring (bicyclic) bond motifs is 2. The summed E-state index contributed by atoms with van der Waals surface area (Å²) in [7, 11) is 0. The molecule has 1 unspecified atom stereocenters. The van der Waals surface area contributed by atoms with E-state index in [4.69, 9.17) is 21.1 Å². The Kier molecular flexibility index (Phi) is 6.78. The van der Waals surface area contributed by atoms with Crippen LogP contribution in [0.25, 0.3) is 33.4 Å². The Hall–Kier alpha value is -3.50. The number of hydrogen-bond donors (Lipinski definition) is 0. The van der Waals surface area contributed by atoms with E-state index in [-0.39, 0.29) is 17.8 Å². The number of amides is 1. The number of halogens is 2. The highest BCUT2D eigenvalue weighted by atomic mass is 35.5. The summed E-state index contributed by atoms with van der Waals surface area (Å²) < 4.78 is 31.2. The molecular weight excluding hydrogens is 535 g/mol. The Balaban J connectivity index is 1.33. The van der Waals surface area contributed by atoms with E-state index in [1.807, 2.05) is 49.1 Å². The van der Waals surface area contributed by atoms with Crippen molar-refractivity contribution in [1.29, 1.82) is 0 Å². The van der Waals surface area contributed by atoms with Crippen LogP contribution in [0.4, 0.5) is 9.18 Å². The van der Waals surface area contributed by atoms with E-state index in [0.29, 0.717) is 48.0 Å². The molecule has 0 spiro atoms. The second kappa shape index (κ2) is 10.2. The van der Waals surface area contributed by atoms with Gasteiger partial charge in [0.1, 0.15) is 11.4 Å². The van der Waals surface area contributed by atoms with Gasteiger partial charge in [0.2, 0.25) is 0 Å². The van der Waals surface area contributed by atoms with E-state index >= 15 is 4.39 Å². The second-order valence-electron chi connectivity index (χ2n) is 11.4. The van der Waals surface area contributed by atoms with Gasteiger partial charge in [0.25, 0.3) is 0 Å². The Morgan fingerprint density at radius 2 is 1.98 bits per heavy atom. The molecule has 6 rings (SSSR count). The Labute approximate surface area is 236 Å². The van der Waals surface area contributed by atoms with Crippen LogP contribution in [0, 0.1) is 12.7 Å². The summed E-state index contributed by atoms with van der Waals surface area (Å²) in [6.07, 6.45) is 4.26. The molecule has 0 radical (unpaired) electrons. The highest BCUT2D eigenvalue weighted by Gasteiger charge is 2.29. The van der Waals surface area contributed by atoms with Crippen molar-refractivity contribution in [1.82, 2.24) is 29.4 Å². The predicted molar refractivity (Wildman–Crippen MR) is 149 cm³/mol. The van der Waals surface area contributed by atoms with Crippen molar-refractivity contribution < 1.29 is 18.7 Å². The molecule has 4 heterocycles. The standard InChI is InChI=1S/C29H32ClFN6O3/c1-17-8-9-22-19(15-32-37(22)24-7-5-6-12-39-24)25(17)26-20(30)13-18(14-21(26)31)27-34-33-23-16-35(10-11-36(23)27)28(38)40-29(2,3)4/h8-9,13-15,24H,5-7,10-12,16H2,1-4H3.